The van der Waals surface area contributed by atoms with E-state index in [9.17, 15) is 0 Å². The number of aryl methyl sites for hydroxylation is 2. The Morgan fingerprint density at radius 1 is 0.705 bits per heavy atom. The van der Waals surface area contributed by atoms with Gasteiger partial charge in [0.05, 0.1) is 0 Å². The van der Waals surface area contributed by atoms with Crippen LogP contribution in [0.3, 0.4) is 0 Å². The molecule has 1 atom stereocenters. The van der Waals surface area contributed by atoms with E-state index < -0.39 is 23.2 Å². The number of hydrogen-bond acceptors (Lipinski definition) is 0. The van der Waals surface area contributed by atoms with Crippen LogP contribution in [0.15, 0.2) is 117 Å². The van der Waals surface area contributed by atoms with Crippen molar-refractivity contribution in [2.75, 3.05) is 0 Å². The summed E-state index contributed by atoms with van der Waals surface area (Å²) in [6, 6.07) is 37.5. The second-order valence-electron chi connectivity index (χ2n) is 13.8. The van der Waals surface area contributed by atoms with E-state index in [-0.39, 0.29) is 35.6 Å². The molecule has 0 aliphatic heterocycles. The molecule has 3 heteroatoms. The quantitative estimate of drug-likeness (QED) is 0.259. The predicted molar refractivity (Wildman–Crippen MR) is 173 cm³/mol. The van der Waals surface area contributed by atoms with E-state index in [1.165, 1.54) is 52.6 Å². The van der Waals surface area contributed by atoms with Crippen molar-refractivity contribution in [3.8, 4) is 11.1 Å². The molecule has 224 valence electrons. The van der Waals surface area contributed by atoms with Gasteiger partial charge in [0.2, 0.25) is 0 Å². The third-order valence-electron chi connectivity index (χ3n) is 9.90. The minimum Gasteiger partial charge on any atom is -1.00 e. The Kier molecular flexibility index (Phi) is 9.47. The predicted octanol–water partition coefficient (Wildman–Crippen LogP) is 4.88. The first kappa shape index (κ1) is 33.2. The minimum atomic E-state index is -1.10. The summed E-state index contributed by atoms with van der Waals surface area (Å²) in [4.78, 5) is 0. The number of halogens is 2. The number of unbranched alkanes of at least 4 members (excludes halogenated alkanes) is 1. The summed E-state index contributed by atoms with van der Waals surface area (Å²) in [5.74, 6) is 0.573. The molecule has 0 fully saturated rings. The van der Waals surface area contributed by atoms with Gasteiger partial charge in [-0.2, -0.15) is 0 Å². The molecule has 0 saturated carbocycles. The molecular formula is C41H42Cl2Zr. The van der Waals surface area contributed by atoms with Gasteiger partial charge >= 0.3 is 266 Å². The third kappa shape index (κ3) is 4.98. The summed E-state index contributed by atoms with van der Waals surface area (Å²) >= 11 is -1.10. The second kappa shape index (κ2) is 12.6. The van der Waals surface area contributed by atoms with Crippen LogP contribution in [0.1, 0.15) is 84.0 Å². The average Bonchev–Trinajstić information content (AvgIpc) is 3.56. The minimum absolute atomic E-state index is 0. The SMILES string of the molecule is CCCCC1[C]([Zr+2][CH]2c3cc(C)ccc3-c3ccc(C)cc32)=C2C(C(C)(C)C)=C1C2(c1ccccc1)c1ccccc1.[Cl-].[Cl-]. The van der Waals surface area contributed by atoms with E-state index in [0.29, 0.717) is 9.54 Å². The van der Waals surface area contributed by atoms with Crippen molar-refractivity contribution in [1.29, 1.82) is 0 Å². The van der Waals surface area contributed by atoms with Crippen LogP contribution < -0.4 is 24.8 Å². The largest absolute Gasteiger partial charge is 1.00 e. The fraction of sp³-hybridized carbons (Fsp3) is 0.317. The van der Waals surface area contributed by atoms with Crippen molar-refractivity contribution in [2.45, 2.75) is 69.8 Å². The van der Waals surface area contributed by atoms with E-state index in [4.69, 9.17) is 0 Å². The summed E-state index contributed by atoms with van der Waals surface area (Å²) in [5.41, 5.74) is 17.0. The maximum atomic E-state index is 2.52. The summed E-state index contributed by atoms with van der Waals surface area (Å²) in [5, 5.41) is 0. The van der Waals surface area contributed by atoms with Crippen molar-refractivity contribution in [3.63, 3.8) is 0 Å². The Morgan fingerprint density at radius 2 is 1.20 bits per heavy atom. The molecular weight excluding hydrogens is 655 g/mol. The maximum absolute atomic E-state index is 2.52. The summed E-state index contributed by atoms with van der Waals surface area (Å²) in [6.45, 7) is 14.3. The zero-order valence-electron chi connectivity index (χ0n) is 26.8. The number of benzene rings is 4. The molecule has 0 spiro atoms. The Labute approximate surface area is 288 Å². The zero-order chi connectivity index (χ0) is 29.2. The number of allylic oxidation sites excluding steroid dienone is 4. The summed E-state index contributed by atoms with van der Waals surface area (Å²) < 4.78 is 2.45. The van der Waals surface area contributed by atoms with Crippen LogP contribution in [-0.2, 0) is 28.6 Å². The molecule has 0 amide bonds. The molecule has 4 aromatic rings. The first-order chi connectivity index (χ1) is 20.3. The van der Waals surface area contributed by atoms with Crippen molar-refractivity contribution in [1.82, 2.24) is 0 Å². The molecule has 1 unspecified atom stereocenters. The van der Waals surface area contributed by atoms with Crippen molar-refractivity contribution in [2.24, 2.45) is 11.3 Å². The monoisotopic (exact) mass is 694 g/mol. The molecule has 0 heterocycles. The van der Waals surface area contributed by atoms with Crippen LogP contribution in [-0.4, -0.2) is 0 Å². The number of rotatable bonds is 7. The molecule has 4 aliphatic carbocycles. The molecule has 44 heavy (non-hydrogen) atoms. The standard InChI is InChI=1S/C26H29.C15H13.2ClH.Zr/c1-5-6-13-19-18-22-24(25(2,3)4)23(19)26(22,20-14-9-7-10-15-20)21-16-11-8-12-17-21;1-10-3-5-14-12(7-10)9-13-8-11(2)4-6-15(13)14;;;/h7-12,14-17,19H,5-6,13H2,1-4H3;3-9H,1-2H3;2*1H;/q;;;;+2/p-2. The topological polar surface area (TPSA) is 0 Å². The van der Waals surface area contributed by atoms with Gasteiger partial charge in [-0.1, -0.05) is 0 Å². The second-order valence-corrected chi connectivity index (χ2v) is 17.2. The fourth-order valence-electron chi connectivity index (χ4n) is 8.28. The molecule has 0 radical (unpaired) electrons. The summed E-state index contributed by atoms with van der Waals surface area (Å²) in [6.07, 6.45) is 3.82. The van der Waals surface area contributed by atoms with Crippen LogP contribution in [0.4, 0.5) is 0 Å². The Morgan fingerprint density at radius 3 is 1.66 bits per heavy atom. The van der Waals surface area contributed by atoms with E-state index in [1.807, 2.05) is 3.28 Å². The molecule has 0 aromatic heterocycles. The fourth-order valence-corrected chi connectivity index (χ4v) is 13.3. The van der Waals surface area contributed by atoms with Gasteiger partial charge in [0.1, 0.15) is 0 Å². The van der Waals surface area contributed by atoms with Crippen molar-refractivity contribution >= 4 is 0 Å². The average molecular weight is 697 g/mol. The van der Waals surface area contributed by atoms with Gasteiger partial charge in [-0.15, -0.1) is 0 Å². The molecule has 4 aromatic carbocycles. The third-order valence-corrected chi connectivity index (χ3v) is 14.4. The van der Waals surface area contributed by atoms with Gasteiger partial charge in [-0.05, 0) is 0 Å². The van der Waals surface area contributed by atoms with Crippen LogP contribution in [0.2, 0.25) is 0 Å². The first-order valence-electron chi connectivity index (χ1n) is 15.9. The van der Waals surface area contributed by atoms with Gasteiger partial charge in [-0.25, -0.2) is 0 Å². The smallest absolute Gasteiger partial charge is 1.00 e. The molecule has 8 rings (SSSR count). The molecule has 0 saturated heterocycles. The van der Waals surface area contributed by atoms with E-state index in [0.717, 1.165) is 0 Å². The summed E-state index contributed by atoms with van der Waals surface area (Å²) in [7, 11) is 0. The van der Waals surface area contributed by atoms with Gasteiger partial charge in [-0.3, -0.25) is 0 Å². The molecule has 4 aliphatic rings. The molecule has 0 nitrogen and oxygen atoms in total. The van der Waals surface area contributed by atoms with E-state index >= 15 is 0 Å². The Balaban J connectivity index is 0.00000192. The maximum Gasteiger partial charge on any atom is -1.00 e. The van der Waals surface area contributed by atoms with Gasteiger partial charge in [0.25, 0.3) is 0 Å². The van der Waals surface area contributed by atoms with Crippen LogP contribution >= 0.6 is 0 Å². The zero-order valence-corrected chi connectivity index (χ0v) is 30.7. The van der Waals surface area contributed by atoms with Crippen LogP contribution in [0.25, 0.3) is 11.1 Å². The number of hydrogen-bond donors (Lipinski definition) is 0. The van der Waals surface area contributed by atoms with Crippen molar-refractivity contribution < 1.29 is 48.0 Å². The normalized spacial score (nSPS) is 17.7. The van der Waals surface area contributed by atoms with E-state index in [2.05, 4.69) is 139 Å². The van der Waals surface area contributed by atoms with Gasteiger partial charge in [0.15, 0.2) is 0 Å². The Hall–Kier alpha value is -2.18. The van der Waals surface area contributed by atoms with Crippen LogP contribution in [0, 0.1) is 25.2 Å². The van der Waals surface area contributed by atoms with Crippen molar-refractivity contribution in [3.05, 3.63) is 150 Å². The number of fused-ring (bicyclic) bond motifs is 4. The van der Waals surface area contributed by atoms with Gasteiger partial charge in [0, 0.05) is 0 Å². The Bertz CT molecular complexity index is 1650. The van der Waals surface area contributed by atoms with Crippen LogP contribution in [0.5, 0.6) is 0 Å². The molecule has 0 N–H and O–H groups in total. The first-order valence-corrected chi connectivity index (χ1v) is 18.5. The molecule has 2 bridgehead atoms. The van der Waals surface area contributed by atoms with E-state index in [1.54, 1.807) is 27.8 Å². The van der Waals surface area contributed by atoms with Gasteiger partial charge < -0.3 is 24.8 Å².